The average Bonchev–Trinajstić information content (AvgIpc) is 2.47. The molecule has 2 aromatic carbocycles. The largest absolute Gasteiger partial charge is 0.507 e. The van der Waals surface area contributed by atoms with Crippen LogP contribution in [-0.2, 0) is 6.42 Å². The molecule has 1 N–H and O–H groups in total. The summed E-state index contributed by atoms with van der Waals surface area (Å²) in [5, 5.41) is 10.1. The van der Waals surface area contributed by atoms with Crippen molar-refractivity contribution in [3.8, 4) is 11.5 Å². The van der Waals surface area contributed by atoms with E-state index in [4.69, 9.17) is 9.15 Å². The summed E-state index contributed by atoms with van der Waals surface area (Å²) in [7, 11) is 1.49. The Hall–Kier alpha value is -2.75. The van der Waals surface area contributed by atoms with Gasteiger partial charge in [-0.1, -0.05) is 30.3 Å². The molecule has 0 aliphatic rings. The number of aromatic hydroxyl groups is 1. The van der Waals surface area contributed by atoms with E-state index in [1.54, 1.807) is 6.07 Å². The number of hydrogen-bond donors (Lipinski definition) is 1. The van der Waals surface area contributed by atoms with Crippen LogP contribution in [0.1, 0.15) is 11.3 Å². The van der Waals surface area contributed by atoms with Crippen molar-refractivity contribution in [2.24, 2.45) is 0 Å². The molecular weight excluding hydrogens is 268 g/mol. The third-order valence-corrected chi connectivity index (χ3v) is 3.29. The average molecular weight is 282 g/mol. The van der Waals surface area contributed by atoms with E-state index < -0.39 is 0 Å². The van der Waals surface area contributed by atoms with Gasteiger partial charge in [-0.15, -0.1) is 0 Å². The van der Waals surface area contributed by atoms with E-state index >= 15 is 0 Å². The highest BCUT2D eigenvalue weighted by molar-refractivity contribution is 5.84. The van der Waals surface area contributed by atoms with Crippen LogP contribution in [0.25, 0.3) is 11.0 Å². The van der Waals surface area contributed by atoms with Crippen molar-refractivity contribution in [1.82, 2.24) is 0 Å². The van der Waals surface area contributed by atoms with Gasteiger partial charge in [0.15, 0.2) is 5.43 Å². The lowest BCUT2D eigenvalue weighted by molar-refractivity contribution is 0.407. The van der Waals surface area contributed by atoms with Crippen LogP contribution in [0.5, 0.6) is 11.5 Å². The lowest BCUT2D eigenvalue weighted by atomic mass is 10.1. The lowest BCUT2D eigenvalue weighted by Gasteiger charge is -2.06. The molecule has 0 saturated carbocycles. The number of ether oxygens (including phenoxy) is 1. The third-order valence-electron chi connectivity index (χ3n) is 3.29. The van der Waals surface area contributed by atoms with Crippen molar-refractivity contribution in [3.05, 3.63) is 70.1 Å². The Balaban J connectivity index is 2.12. The van der Waals surface area contributed by atoms with Crippen LogP contribution >= 0.6 is 0 Å². The molecule has 0 saturated heterocycles. The summed E-state index contributed by atoms with van der Waals surface area (Å²) in [5.41, 5.74) is 1.11. The maximum Gasteiger partial charge on any atom is 0.196 e. The summed E-state index contributed by atoms with van der Waals surface area (Å²) < 4.78 is 10.8. The monoisotopic (exact) mass is 282 g/mol. The Morgan fingerprint density at radius 3 is 2.62 bits per heavy atom. The summed E-state index contributed by atoms with van der Waals surface area (Å²) >= 11 is 0. The minimum absolute atomic E-state index is 0.135. The molecule has 0 fully saturated rings. The zero-order valence-corrected chi connectivity index (χ0v) is 11.5. The minimum atomic E-state index is -0.262. The first-order valence-electron chi connectivity index (χ1n) is 6.55. The SMILES string of the molecule is COc1cc(O)c2c(=O)cc(Cc3ccccc3)oc2c1. The molecule has 4 nitrogen and oxygen atoms in total. The van der Waals surface area contributed by atoms with Crippen molar-refractivity contribution < 1.29 is 14.3 Å². The van der Waals surface area contributed by atoms with Crippen LogP contribution in [0.3, 0.4) is 0 Å². The van der Waals surface area contributed by atoms with Crippen LogP contribution in [0.15, 0.2) is 57.7 Å². The zero-order chi connectivity index (χ0) is 14.8. The van der Waals surface area contributed by atoms with Gasteiger partial charge in [-0.25, -0.2) is 0 Å². The molecule has 0 spiro atoms. The molecule has 0 aliphatic carbocycles. The van der Waals surface area contributed by atoms with E-state index in [1.807, 2.05) is 30.3 Å². The molecular formula is C17H14O4. The zero-order valence-electron chi connectivity index (χ0n) is 11.5. The fourth-order valence-electron chi connectivity index (χ4n) is 2.30. The van der Waals surface area contributed by atoms with Crippen LogP contribution in [0.2, 0.25) is 0 Å². The summed E-state index contributed by atoms with van der Waals surface area (Å²) in [6.07, 6.45) is 0.518. The van der Waals surface area contributed by atoms with Gasteiger partial charge in [-0.3, -0.25) is 4.79 Å². The van der Waals surface area contributed by atoms with E-state index in [2.05, 4.69) is 0 Å². The summed E-state index contributed by atoms with van der Waals surface area (Å²) in [4.78, 5) is 12.1. The van der Waals surface area contributed by atoms with Gasteiger partial charge in [-0.05, 0) is 5.56 Å². The molecule has 106 valence electrons. The summed E-state index contributed by atoms with van der Waals surface area (Å²) in [6.45, 7) is 0. The smallest absolute Gasteiger partial charge is 0.196 e. The lowest BCUT2D eigenvalue weighted by Crippen LogP contribution is -2.03. The molecule has 1 aromatic heterocycles. The highest BCUT2D eigenvalue weighted by Gasteiger charge is 2.11. The molecule has 21 heavy (non-hydrogen) atoms. The number of methoxy groups -OCH3 is 1. The molecule has 4 heteroatoms. The van der Waals surface area contributed by atoms with Gasteiger partial charge in [-0.2, -0.15) is 0 Å². The molecule has 3 rings (SSSR count). The summed E-state index contributed by atoms with van der Waals surface area (Å²) in [6, 6.07) is 14.2. The van der Waals surface area contributed by atoms with E-state index in [1.165, 1.54) is 19.2 Å². The minimum Gasteiger partial charge on any atom is -0.507 e. The topological polar surface area (TPSA) is 59.7 Å². The van der Waals surface area contributed by atoms with Crippen molar-refractivity contribution in [2.75, 3.05) is 7.11 Å². The Kier molecular flexibility index (Phi) is 3.36. The van der Waals surface area contributed by atoms with Gasteiger partial charge >= 0.3 is 0 Å². The first-order valence-corrected chi connectivity index (χ1v) is 6.55. The van der Waals surface area contributed by atoms with Crippen molar-refractivity contribution in [3.63, 3.8) is 0 Å². The van der Waals surface area contributed by atoms with E-state index in [-0.39, 0.29) is 16.6 Å². The third kappa shape index (κ3) is 2.60. The first kappa shape index (κ1) is 13.2. The Bertz CT molecular complexity index is 835. The second-order valence-corrected chi connectivity index (χ2v) is 4.76. The van der Waals surface area contributed by atoms with Gasteiger partial charge in [0.05, 0.1) is 7.11 Å². The van der Waals surface area contributed by atoms with Gasteiger partial charge in [0.25, 0.3) is 0 Å². The quantitative estimate of drug-likeness (QED) is 0.802. The van der Waals surface area contributed by atoms with Crippen molar-refractivity contribution in [1.29, 1.82) is 0 Å². The molecule has 1 heterocycles. The highest BCUT2D eigenvalue weighted by Crippen LogP contribution is 2.28. The molecule has 0 radical (unpaired) electrons. The van der Waals surface area contributed by atoms with Crippen LogP contribution in [0, 0.1) is 0 Å². The van der Waals surface area contributed by atoms with Crippen molar-refractivity contribution >= 4 is 11.0 Å². The molecule has 0 bridgehead atoms. The number of hydrogen-bond acceptors (Lipinski definition) is 4. The maximum absolute atomic E-state index is 12.1. The second kappa shape index (κ2) is 5.32. The van der Waals surface area contributed by atoms with E-state index in [0.29, 0.717) is 23.5 Å². The maximum atomic E-state index is 12.1. The fourth-order valence-corrected chi connectivity index (χ4v) is 2.30. The van der Waals surface area contributed by atoms with Crippen LogP contribution in [0.4, 0.5) is 0 Å². The van der Waals surface area contributed by atoms with Crippen molar-refractivity contribution in [2.45, 2.75) is 6.42 Å². The molecule has 0 amide bonds. The van der Waals surface area contributed by atoms with Gasteiger partial charge in [0.1, 0.15) is 28.2 Å². The molecule has 0 atom stereocenters. The molecule has 0 unspecified atom stereocenters. The van der Waals surface area contributed by atoms with Crippen LogP contribution < -0.4 is 10.2 Å². The number of fused-ring (bicyclic) bond motifs is 1. The Morgan fingerprint density at radius 1 is 1.14 bits per heavy atom. The Labute approximate surface area is 121 Å². The predicted octanol–water partition coefficient (Wildman–Crippen LogP) is 3.10. The van der Waals surface area contributed by atoms with Gasteiger partial charge < -0.3 is 14.3 Å². The van der Waals surface area contributed by atoms with Gasteiger partial charge in [0.2, 0.25) is 0 Å². The van der Waals surface area contributed by atoms with E-state index in [9.17, 15) is 9.90 Å². The summed E-state index contributed by atoms with van der Waals surface area (Å²) in [5.74, 6) is 0.857. The fraction of sp³-hybridized carbons (Fsp3) is 0.118. The standard InChI is InChI=1S/C17H14O4/c1-20-12-8-14(18)17-15(19)9-13(21-16(17)10-12)7-11-5-3-2-4-6-11/h2-6,8-10,18H,7H2,1H3. The normalized spacial score (nSPS) is 10.7. The predicted molar refractivity (Wildman–Crippen MR) is 79.9 cm³/mol. The van der Waals surface area contributed by atoms with Crippen LogP contribution in [-0.4, -0.2) is 12.2 Å². The number of phenols is 1. The number of rotatable bonds is 3. The highest BCUT2D eigenvalue weighted by atomic mass is 16.5. The first-order chi connectivity index (χ1) is 10.2. The molecule has 3 aromatic rings. The Morgan fingerprint density at radius 2 is 1.90 bits per heavy atom. The van der Waals surface area contributed by atoms with Gasteiger partial charge in [0, 0.05) is 24.6 Å². The second-order valence-electron chi connectivity index (χ2n) is 4.76. The molecule has 0 aliphatic heterocycles. The van der Waals surface area contributed by atoms with E-state index in [0.717, 1.165) is 5.56 Å². The number of phenolic OH excluding ortho intramolecular Hbond substituents is 1. The number of benzene rings is 2.